The van der Waals surface area contributed by atoms with E-state index in [-0.39, 0.29) is 29.6 Å². The van der Waals surface area contributed by atoms with Gasteiger partial charge in [-0.2, -0.15) is 0 Å². The fraction of sp³-hybridized carbons (Fsp3) is 0.333. The van der Waals surface area contributed by atoms with E-state index in [2.05, 4.69) is 25.2 Å². The summed E-state index contributed by atoms with van der Waals surface area (Å²) in [5, 5.41) is 11.9. The molecule has 25 heavy (non-hydrogen) atoms. The first-order chi connectivity index (χ1) is 12.0. The number of aliphatic imine (C=N–C) groups is 1. The van der Waals surface area contributed by atoms with E-state index >= 15 is 0 Å². The average molecular weight is 379 g/mol. The van der Waals surface area contributed by atoms with Crippen LogP contribution in [0.3, 0.4) is 0 Å². The number of rotatable bonds is 6. The number of anilines is 1. The molecule has 1 aromatic carbocycles. The van der Waals surface area contributed by atoms with Gasteiger partial charge in [0, 0.05) is 18.4 Å². The van der Waals surface area contributed by atoms with Crippen molar-refractivity contribution in [1.29, 1.82) is 0 Å². The van der Waals surface area contributed by atoms with E-state index in [0.29, 0.717) is 10.7 Å². The van der Waals surface area contributed by atoms with Crippen LogP contribution in [0.15, 0.2) is 34.2 Å². The zero-order valence-corrected chi connectivity index (χ0v) is 15.2. The lowest BCUT2D eigenvalue weighted by Gasteiger charge is -2.00. The van der Waals surface area contributed by atoms with E-state index in [1.165, 1.54) is 17.4 Å². The van der Waals surface area contributed by atoms with Crippen LogP contribution < -0.4 is 10.0 Å². The molecule has 10 heteroatoms. The van der Waals surface area contributed by atoms with Gasteiger partial charge >= 0.3 is 0 Å². The monoisotopic (exact) mass is 379 g/mol. The van der Waals surface area contributed by atoms with E-state index in [0.717, 1.165) is 17.8 Å². The molecule has 0 unspecified atom stereocenters. The molecule has 2 heterocycles. The first-order valence-electron chi connectivity index (χ1n) is 7.78. The molecule has 0 fully saturated rings. The van der Waals surface area contributed by atoms with E-state index in [1.54, 1.807) is 18.2 Å². The second-order valence-electron chi connectivity index (χ2n) is 5.38. The number of benzene rings is 1. The van der Waals surface area contributed by atoms with Gasteiger partial charge in [0.15, 0.2) is 0 Å². The number of nitrogens with one attached hydrogen (secondary N) is 2. The molecule has 0 saturated carbocycles. The quantitative estimate of drug-likeness (QED) is 0.791. The maximum Gasteiger partial charge on any atom is 0.263 e. The minimum Gasteiger partial charge on any atom is -0.300 e. The van der Waals surface area contributed by atoms with E-state index < -0.39 is 10.0 Å². The van der Waals surface area contributed by atoms with E-state index in [1.807, 2.05) is 6.92 Å². The molecule has 3 rings (SSSR count). The summed E-state index contributed by atoms with van der Waals surface area (Å²) in [7, 11) is -3.55. The van der Waals surface area contributed by atoms with Crippen LogP contribution in [0.4, 0.5) is 5.13 Å². The predicted octanol–water partition coefficient (Wildman–Crippen LogP) is 1.56. The third-order valence-corrected chi connectivity index (χ3v) is 5.74. The summed E-state index contributed by atoms with van der Waals surface area (Å²) in [6.45, 7) is 2.22. The van der Waals surface area contributed by atoms with Crippen LogP contribution in [0.2, 0.25) is 0 Å². The Hall–Kier alpha value is -2.33. The first kappa shape index (κ1) is 17.5. The Labute approximate surface area is 149 Å². The molecular formula is C15H17N5O3S2. The third kappa shape index (κ3) is 4.02. The molecule has 2 aromatic rings. The van der Waals surface area contributed by atoms with Crippen molar-refractivity contribution < 1.29 is 13.2 Å². The average Bonchev–Trinajstić information content (AvgIpc) is 3.11. The van der Waals surface area contributed by atoms with Crippen molar-refractivity contribution in [1.82, 2.24) is 14.9 Å². The molecular weight excluding hydrogens is 362 g/mol. The molecule has 132 valence electrons. The predicted molar refractivity (Wildman–Crippen MR) is 95.3 cm³/mol. The van der Waals surface area contributed by atoms with Gasteiger partial charge < -0.3 is 5.32 Å². The molecule has 8 nitrogen and oxygen atoms in total. The van der Waals surface area contributed by atoms with Crippen LogP contribution in [-0.4, -0.2) is 36.9 Å². The SMILES string of the molecule is CCCc1nnc(NC(=O)CCN=C2NS(=O)(=O)c3ccccc32)s1. The smallest absolute Gasteiger partial charge is 0.263 e. The maximum absolute atomic E-state index is 12.0. The normalized spacial score (nSPS) is 16.4. The Morgan fingerprint density at radius 2 is 2.12 bits per heavy atom. The number of amidine groups is 1. The van der Waals surface area contributed by atoms with Crippen LogP contribution in [0.1, 0.15) is 30.3 Å². The zero-order chi connectivity index (χ0) is 17.9. The number of aryl methyl sites for hydroxylation is 1. The fourth-order valence-corrected chi connectivity index (χ4v) is 4.43. The minimum absolute atomic E-state index is 0.121. The van der Waals surface area contributed by atoms with Crippen molar-refractivity contribution in [3.8, 4) is 0 Å². The number of nitrogens with zero attached hydrogens (tertiary/aromatic N) is 3. The van der Waals surface area contributed by atoms with Gasteiger partial charge in [0.05, 0.1) is 11.4 Å². The van der Waals surface area contributed by atoms with Crippen molar-refractivity contribution in [2.45, 2.75) is 31.1 Å². The minimum atomic E-state index is -3.55. The van der Waals surface area contributed by atoms with Crippen LogP contribution in [0.5, 0.6) is 0 Å². The van der Waals surface area contributed by atoms with Crippen molar-refractivity contribution in [3.05, 3.63) is 34.8 Å². The summed E-state index contributed by atoms with van der Waals surface area (Å²) in [5.41, 5.74) is 0.524. The summed E-state index contributed by atoms with van der Waals surface area (Å²) in [6.07, 6.45) is 1.92. The van der Waals surface area contributed by atoms with Crippen molar-refractivity contribution in [2.75, 3.05) is 11.9 Å². The number of hydrogen-bond donors (Lipinski definition) is 2. The van der Waals surface area contributed by atoms with Gasteiger partial charge in [-0.05, 0) is 18.6 Å². The molecule has 1 aromatic heterocycles. The number of hydrogen-bond acceptors (Lipinski definition) is 7. The molecule has 0 bridgehead atoms. The molecule has 0 spiro atoms. The van der Waals surface area contributed by atoms with Gasteiger partial charge in [-0.15, -0.1) is 10.2 Å². The van der Waals surface area contributed by atoms with Crippen molar-refractivity contribution >= 4 is 38.2 Å². The standard InChI is InChI=1S/C15H17N5O3S2/c1-2-5-13-18-19-15(24-13)17-12(21)8-9-16-14-10-6-3-4-7-11(10)25(22,23)20-14/h3-4,6-7H,2,5,8-9H2,1H3,(H,16,20)(H,17,19,21). The lowest BCUT2D eigenvalue weighted by atomic mass is 10.2. The van der Waals surface area contributed by atoms with Crippen molar-refractivity contribution in [2.24, 2.45) is 4.99 Å². The highest BCUT2D eigenvalue weighted by atomic mass is 32.2. The Balaban J connectivity index is 1.59. The van der Waals surface area contributed by atoms with E-state index in [9.17, 15) is 13.2 Å². The maximum atomic E-state index is 12.0. The van der Waals surface area contributed by atoms with Gasteiger partial charge in [-0.1, -0.05) is 30.4 Å². The molecule has 2 N–H and O–H groups in total. The highest BCUT2D eigenvalue weighted by molar-refractivity contribution is 7.90. The lowest BCUT2D eigenvalue weighted by Crippen LogP contribution is -2.23. The molecule has 1 amide bonds. The molecule has 0 saturated heterocycles. The highest BCUT2D eigenvalue weighted by Gasteiger charge is 2.29. The summed E-state index contributed by atoms with van der Waals surface area (Å²) >= 11 is 1.35. The summed E-state index contributed by atoms with van der Waals surface area (Å²) in [6, 6.07) is 6.61. The topological polar surface area (TPSA) is 113 Å². The molecule has 0 atom stereocenters. The largest absolute Gasteiger partial charge is 0.300 e. The first-order valence-corrected chi connectivity index (χ1v) is 10.1. The van der Waals surface area contributed by atoms with Crippen LogP contribution in [0, 0.1) is 0 Å². The number of amides is 1. The number of fused-ring (bicyclic) bond motifs is 1. The summed E-state index contributed by atoms with van der Waals surface area (Å²) in [5.74, 6) is 0.0298. The molecule has 0 radical (unpaired) electrons. The molecule has 1 aliphatic rings. The Morgan fingerprint density at radius 3 is 2.92 bits per heavy atom. The second-order valence-corrected chi connectivity index (χ2v) is 8.09. The van der Waals surface area contributed by atoms with Crippen LogP contribution >= 0.6 is 11.3 Å². The van der Waals surface area contributed by atoms with Crippen LogP contribution in [-0.2, 0) is 21.2 Å². The molecule has 1 aliphatic heterocycles. The van der Waals surface area contributed by atoms with Gasteiger partial charge in [-0.25, -0.2) is 8.42 Å². The number of carbonyl (C=O) groups is 1. The summed E-state index contributed by atoms with van der Waals surface area (Å²) < 4.78 is 26.4. The van der Waals surface area contributed by atoms with Crippen LogP contribution in [0.25, 0.3) is 0 Å². The number of carbonyl (C=O) groups excluding carboxylic acids is 1. The highest BCUT2D eigenvalue weighted by Crippen LogP contribution is 2.22. The van der Waals surface area contributed by atoms with Gasteiger partial charge in [0.1, 0.15) is 10.8 Å². The molecule has 0 aliphatic carbocycles. The number of sulfonamides is 1. The van der Waals surface area contributed by atoms with Gasteiger partial charge in [0.2, 0.25) is 11.0 Å². The Morgan fingerprint density at radius 1 is 1.32 bits per heavy atom. The zero-order valence-electron chi connectivity index (χ0n) is 13.5. The Kier molecular flexibility index (Phi) is 5.09. The Bertz CT molecular complexity index is 921. The van der Waals surface area contributed by atoms with Gasteiger partial charge in [-0.3, -0.25) is 14.5 Å². The second kappa shape index (κ2) is 7.28. The number of aromatic nitrogens is 2. The summed E-state index contributed by atoms with van der Waals surface area (Å²) in [4.78, 5) is 16.4. The fourth-order valence-electron chi connectivity index (χ4n) is 2.32. The lowest BCUT2D eigenvalue weighted by molar-refractivity contribution is -0.116. The van der Waals surface area contributed by atoms with Crippen molar-refractivity contribution in [3.63, 3.8) is 0 Å². The third-order valence-electron chi connectivity index (χ3n) is 3.45. The van der Waals surface area contributed by atoms with Gasteiger partial charge in [0.25, 0.3) is 10.0 Å². The van der Waals surface area contributed by atoms with E-state index in [4.69, 9.17) is 0 Å².